The molecule has 0 amide bonds. The molecule has 1 saturated heterocycles. The number of anilines is 2. The van der Waals surface area contributed by atoms with Crippen molar-refractivity contribution in [3.05, 3.63) is 11.8 Å². The predicted octanol–water partition coefficient (Wildman–Crippen LogP) is 1.12. The van der Waals surface area contributed by atoms with Crippen molar-refractivity contribution in [2.24, 2.45) is 5.92 Å². The SMILES string of the molecule is Cc1cc(NC2CCN(C)CC2C)nc(N)n1. The van der Waals surface area contributed by atoms with E-state index in [0.29, 0.717) is 17.9 Å². The molecule has 2 atom stereocenters. The number of hydrogen-bond donors (Lipinski definition) is 2. The molecule has 94 valence electrons. The largest absolute Gasteiger partial charge is 0.368 e. The number of aryl methyl sites for hydroxylation is 1. The van der Waals surface area contributed by atoms with Crippen LogP contribution in [0.3, 0.4) is 0 Å². The van der Waals surface area contributed by atoms with Crippen molar-refractivity contribution in [3.63, 3.8) is 0 Å². The van der Waals surface area contributed by atoms with Gasteiger partial charge in [0.1, 0.15) is 5.82 Å². The standard InChI is InChI=1S/C12H21N5/c1-8-7-17(3)5-4-10(8)15-11-6-9(2)14-12(13)16-11/h6,8,10H,4-5,7H2,1-3H3,(H3,13,14,15,16). The van der Waals surface area contributed by atoms with Crippen LogP contribution in [-0.2, 0) is 0 Å². The Bertz CT molecular complexity index is 372. The zero-order valence-electron chi connectivity index (χ0n) is 10.8. The molecule has 1 aromatic rings. The van der Waals surface area contributed by atoms with E-state index in [1.165, 1.54) is 0 Å². The van der Waals surface area contributed by atoms with Crippen LogP contribution < -0.4 is 11.1 Å². The summed E-state index contributed by atoms with van der Waals surface area (Å²) in [6, 6.07) is 2.42. The molecule has 0 spiro atoms. The van der Waals surface area contributed by atoms with Gasteiger partial charge in [-0.15, -0.1) is 0 Å². The summed E-state index contributed by atoms with van der Waals surface area (Å²) in [4.78, 5) is 10.7. The number of piperidine rings is 1. The molecule has 17 heavy (non-hydrogen) atoms. The summed E-state index contributed by atoms with van der Waals surface area (Å²) < 4.78 is 0. The maximum absolute atomic E-state index is 5.65. The first-order chi connectivity index (χ1) is 8.04. The van der Waals surface area contributed by atoms with Gasteiger partial charge >= 0.3 is 0 Å². The number of rotatable bonds is 2. The highest BCUT2D eigenvalue weighted by atomic mass is 15.1. The van der Waals surface area contributed by atoms with Crippen molar-refractivity contribution in [2.45, 2.75) is 26.3 Å². The summed E-state index contributed by atoms with van der Waals surface area (Å²) >= 11 is 0. The smallest absolute Gasteiger partial charge is 0.222 e. The van der Waals surface area contributed by atoms with E-state index in [0.717, 1.165) is 31.0 Å². The third kappa shape index (κ3) is 3.06. The summed E-state index contributed by atoms with van der Waals surface area (Å²) in [6.07, 6.45) is 1.14. The zero-order valence-corrected chi connectivity index (χ0v) is 10.8. The number of likely N-dealkylation sites (tertiary alicyclic amines) is 1. The average molecular weight is 235 g/mol. The Morgan fingerprint density at radius 1 is 1.47 bits per heavy atom. The van der Waals surface area contributed by atoms with Crippen LogP contribution in [0, 0.1) is 12.8 Å². The Morgan fingerprint density at radius 3 is 2.88 bits per heavy atom. The van der Waals surface area contributed by atoms with Gasteiger partial charge in [-0.05, 0) is 32.9 Å². The van der Waals surface area contributed by atoms with Crippen LogP contribution in [0.4, 0.5) is 11.8 Å². The van der Waals surface area contributed by atoms with Gasteiger partial charge in [-0.2, -0.15) is 4.98 Å². The van der Waals surface area contributed by atoms with Crippen molar-refractivity contribution in [1.82, 2.24) is 14.9 Å². The minimum absolute atomic E-state index is 0.341. The van der Waals surface area contributed by atoms with Gasteiger partial charge in [0.2, 0.25) is 5.95 Å². The molecule has 3 N–H and O–H groups in total. The Hall–Kier alpha value is -1.36. The van der Waals surface area contributed by atoms with Gasteiger partial charge in [-0.3, -0.25) is 0 Å². The fourth-order valence-corrected chi connectivity index (χ4v) is 2.42. The molecule has 0 saturated carbocycles. The van der Waals surface area contributed by atoms with Gasteiger partial charge in [0.05, 0.1) is 0 Å². The highest BCUT2D eigenvalue weighted by Crippen LogP contribution is 2.20. The number of nitrogens with two attached hydrogens (primary N) is 1. The van der Waals surface area contributed by atoms with Crippen molar-refractivity contribution >= 4 is 11.8 Å². The molecular weight excluding hydrogens is 214 g/mol. The second kappa shape index (κ2) is 4.87. The van der Waals surface area contributed by atoms with Crippen molar-refractivity contribution in [1.29, 1.82) is 0 Å². The molecule has 1 aliphatic rings. The van der Waals surface area contributed by atoms with E-state index in [-0.39, 0.29) is 0 Å². The summed E-state index contributed by atoms with van der Waals surface area (Å²) in [7, 11) is 2.17. The third-order valence-corrected chi connectivity index (χ3v) is 3.31. The quantitative estimate of drug-likeness (QED) is 0.804. The van der Waals surface area contributed by atoms with Gasteiger partial charge in [0.25, 0.3) is 0 Å². The minimum Gasteiger partial charge on any atom is -0.368 e. The van der Waals surface area contributed by atoms with Gasteiger partial charge in [-0.1, -0.05) is 6.92 Å². The molecule has 2 unspecified atom stereocenters. The van der Waals surface area contributed by atoms with E-state index >= 15 is 0 Å². The van der Waals surface area contributed by atoms with Crippen LogP contribution >= 0.6 is 0 Å². The summed E-state index contributed by atoms with van der Waals surface area (Å²) in [5, 5.41) is 3.48. The minimum atomic E-state index is 0.341. The van der Waals surface area contributed by atoms with E-state index < -0.39 is 0 Å². The maximum Gasteiger partial charge on any atom is 0.222 e. The molecule has 0 radical (unpaired) electrons. The monoisotopic (exact) mass is 235 g/mol. The fourth-order valence-electron chi connectivity index (χ4n) is 2.42. The Kier molecular flexibility index (Phi) is 3.47. The van der Waals surface area contributed by atoms with Crippen LogP contribution in [0.25, 0.3) is 0 Å². The molecule has 5 nitrogen and oxygen atoms in total. The van der Waals surface area contributed by atoms with Crippen LogP contribution in [0.15, 0.2) is 6.07 Å². The molecule has 5 heteroatoms. The first kappa shape index (κ1) is 12.1. The van der Waals surface area contributed by atoms with Crippen molar-refractivity contribution in [3.8, 4) is 0 Å². The number of nitrogens with zero attached hydrogens (tertiary/aromatic N) is 3. The molecule has 0 bridgehead atoms. The molecule has 2 rings (SSSR count). The van der Waals surface area contributed by atoms with E-state index in [2.05, 4.69) is 34.2 Å². The molecule has 1 aromatic heterocycles. The lowest BCUT2D eigenvalue weighted by Gasteiger charge is -2.35. The Morgan fingerprint density at radius 2 is 2.24 bits per heavy atom. The molecule has 2 heterocycles. The molecule has 1 fully saturated rings. The summed E-state index contributed by atoms with van der Waals surface area (Å²) in [5.74, 6) is 1.80. The van der Waals surface area contributed by atoms with Crippen molar-refractivity contribution < 1.29 is 0 Å². The Labute approximate surface area is 102 Å². The molecular formula is C12H21N5. The lowest BCUT2D eigenvalue weighted by atomic mass is 9.94. The Balaban J connectivity index is 2.05. The van der Waals surface area contributed by atoms with Crippen LogP contribution in [0.1, 0.15) is 19.0 Å². The van der Waals surface area contributed by atoms with Gasteiger partial charge in [0, 0.05) is 24.3 Å². The normalized spacial score (nSPS) is 25.8. The van der Waals surface area contributed by atoms with Crippen LogP contribution in [0.5, 0.6) is 0 Å². The highest BCUT2D eigenvalue weighted by molar-refractivity contribution is 5.41. The van der Waals surface area contributed by atoms with Crippen molar-refractivity contribution in [2.75, 3.05) is 31.2 Å². The van der Waals surface area contributed by atoms with Gasteiger partial charge in [0.15, 0.2) is 0 Å². The summed E-state index contributed by atoms with van der Waals surface area (Å²) in [6.45, 7) is 6.45. The van der Waals surface area contributed by atoms with E-state index in [1.54, 1.807) is 0 Å². The highest BCUT2D eigenvalue weighted by Gasteiger charge is 2.24. The van der Waals surface area contributed by atoms with E-state index in [1.807, 2.05) is 13.0 Å². The summed E-state index contributed by atoms with van der Waals surface area (Å²) in [5.41, 5.74) is 6.55. The zero-order chi connectivity index (χ0) is 12.4. The molecule has 1 aliphatic heterocycles. The number of hydrogen-bond acceptors (Lipinski definition) is 5. The van der Waals surface area contributed by atoms with Gasteiger partial charge < -0.3 is 16.0 Å². The van der Waals surface area contributed by atoms with E-state index in [4.69, 9.17) is 5.73 Å². The number of aromatic nitrogens is 2. The lowest BCUT2D eigenvalue weighted by Crippen LogP contribution is -2.43. The number of nitrogens with one attached hydrogen (secondary N) is 1. The predicted molar refractivity (Wildman–Crippen MR) is 69.9 cm³/mol. The maximum atomic E-state index is 5.65. The fraction of sp³-hybridized carbons (Fsp3) is 0.667. The second-order valence-corrected chi connectivity index (χ2v) is 5.03. The first-order valence-corrected chi connectivity index (χ1v) is 6.11. The lowest BCUT2D eigenvalue weighted by molar-refractivity contribution is 0.206. The first-order valence-electron chi connectivity index (χ1n) is 6.11. The third-order valence-electron chi connectivity index (χ3n) is 3.31. The van der Waals surface area contributed by atoms with Gasteiger partial charge in [-0.25, -0.2) is 4.98 Å². The van der Waals surface area contributed by atoms with E-state index in [9.17, 15) is 0 Å². The average Bonchev–Trinajstić information content (AvgIpc) is 2.21. The topological polar surface area (TPSA) is 67.1 Å². The molecule has 0 aromatic carbocycles. The molecule has 0 aliphatic carbocycles. The number of nitrogen functional groups attached to an aromatic ring is 1. The van der Waals surface area contributed by atoms with Crippen LogP contribution in [0.2, 0.25) is 0 Å². The van der Waals surface area contributed by atoms with Crippen LogP contribution in [-0.4, -0.2) is 41.0 Å². The second-order valence-electron chi connectivity index (χ2n) is 5.03.